The fraction of sp³-hybridized carbons (Fsp3) is 0.429. The van der Waals surface area contributed by atoms with Gasteiger partial charge in [0.2, 0.25) is 0 Å². The lowest BCUT2D eigenvalue weighted by molar-refractivity contribution is 0.146. The van der Waals surface area contributed by atoms with Crippen molar-refractivity contribution in [3.8, 4) is 5.75 Å². The Balaban J connectivity index is 2.03. The van der Waals surface area contributed by atoms with Crippen molar-refractivity contribution in [2.45, 2.75) is 39.1 Å². The number of phenolic OH excluding ortho intramolecular Hbond substituents is 1. The molecular formula is C14H20N4O3. The van der Waals surface area contributed by atoms with Gasteiger partial charge in [-0.15, -0.1) is 0 Å². The monoisotopic (exact) mass is 292 g/mol. The van der Waals surface area contributed by atoms with Crippen molar-refractivity contribution in [3.63, 3.8) is 0 Å². The summed E-state index contributed by atoms with van der Waals surface area (Å²) in [6, 6.07) is 5.55. The Morgan fingerprint density at radius 3 is 2.24 bits per heavy atom. The summed E-state index contributed by atoms with van der Waals surface area (Å²) in [5, 5.41) is 18.2. The number of benzene rings is 1. The molecule has 1 atom stereocenters. The Hall–Kier alpha value is -2.28. The van der Waals surface area contributed by atoms with E-state index in [0.29, 0.717) is 5.56 Å². The van der Waals surface area contributed by atoms with Gasteiger partial charge in [0.05, 0.1) is 0 Å². The molecule has 1 heterocycles. The number of carbonyl (C=O) groups is 2. The van der Waals surface area contributed by atoms with Gasteiger partial charge < -0.3 is 15.7 Å². The van der Waals surface area contributed by atoms with Crippen molar-refractivity contribution < 1.29 is 14.7 Å². The Labute approximate surface area is 123 Å². The van der Waals surface area contributed by atoms with Crippen LogP contribution in [0.4, 0.5) is 9.59 Å². The minimum Gasteiger partial charge on any atom is -0.508 e. The molecule has 4 N–H and O–H groups in total. The number of aromatic hydroxyl groups is 1. The molecule has 0 saturated carbocycles. The molecule has 1 fully saturated rings. The van der Waals surface area contributed by atoms with E-state index >= 15 is 0 Å². The third-order valence-electron chi connectivity index (χ3n) is 3.31. The van der Waals surface area contributed by atoms with Gasteiger partial charge >= 0.3 is 12.1 Å². The van der Waals surface area contributed by atoms with E-state index in [1.54, 1.807) is 32.0 Å². The van der Waals surface area contributed by atoms with Crippen molar-refractivity contribution in [1.82, 2.24) is 20.9 Å². The SMILES string of the molecule is CC(NC1NC(=O)N(C(C)C)C(=O)N1)c1ccccc1O. The van der Waals surface area contributed by atoms with Crippen LogP contribution in [0.15, 0.2) is 24.3 Å². The van der Waals surface area contributed by atoms with E-state index in [4.69, 9.17) is 0 Å². The summed E-state index contributed by atoms with van der Waals surface area (Å²) >= 11 is 0. The molecule has 21 heavy (non-hydrogen) atoms. The molecule has 1 saturated heterocycles. The van der Waals surface area contributed by atoms with Crippen molar-refractivity contribution >= 4 is 12.1 Å². The predicted octanol–water partition coefficient (Wildman–Crippen LogP) is 1.47. The molecule has 114 valence electrons. The van der Waals surface area contributed by atoms with Crippen molar-refractivity contribution in [3.05, 3.63) is 29.8 Å². The lowest BCUT2D eigenvalue weighted by atomic mass is 10.1. The molecule has 1 aliphatic rings. The fourth-order valence-corrected chi connectivity index (χ4v) is 2.26. The molecule has 7 nitrogen and oxygen atoms in total. The number of amides is 4. The summed E-state index contributed by atoms with van der Waals surface area (Å²) in [5.41, 5.74) is 0.687. The first-order valence-corrected chi connectivity index (χ1v) is 6.84. The number of para-hydroxylation sites is 1. The molecule has 0 spiro atoms. The number of nitrogens with one attached hydrogen (secondary N) is 3. The zero-order chi connectivity index (χ0) is 15.6. The van der Waals surface area contributed by atoms with E-state index in [1.807, 2.05) is 13.0 Å². The van der Waals surface area contributed by atoms with E-state index in [9.17, 15) is 14.7 Å². The lowest BCUT2D eigenvalue weighted by Crippen LogP contribution is -2.69. The average molecular weight is 292 g/mol. The molecular weight excluding hydrogens is 272 g/mol. The van der Waals surface area contributed by atoms with Crippen LogP contribution in [0.5, 0.6) is 5.75 Å². The van der Waals surface area contributed by atoms with Gasteiger partial charge in [0.15, 0.2) is 6.29 Å². The average Bonchev–Trinajstić information content (AvgIpc) is 2.37. The Morgan fingerprint density at radius 1 is 1.14 bits per heavy atom. The highest BCUT2D eigenvalue weighted by Crippen LogP contribution is 2.23. The van der Waals surface area contributed by atoms with Gasteiger partial charge in [0.25, 0.3) is 0 Å². The van der Waals surface area contributed by atoms with Gasteiger partial charge in [-0.25, -0.2) is 14.5 Å². The number of urea groups is 2. The van der Waals surface area contributed by atoms with Gasteiger partial charge in [-0.2, -0.15) is 0 Å². The first-order valence-electron chi connectivity index (χ1n) is 6.84. The Kier molecular flexibility index (Phi) is 4.32. The summed E-state index contributed by atoms with van der Waals surface area (Å²) < 4.78 is 0. The minimum absolute atomic E-state index is 0.162. The molecule has 1 aliphatic heterocycles. The van der Waals surface area contributed by atoms with Crippen LogP contribution >= 0.6 is 0 Å². The number of rotatable bonds is 4. The second kappa shape index (κ2) is 6.01. The standard InChI is InChI=1S/C14H20N4O3/c1-8(2)18-13(20)16-12(17-14(18)21)15-9(3)10-6-4-5-7-11(10)19/h4-9,12,15,19H,1-3H3,(H,16,20)(H,17,21). The molecule has 1 aromatic rings. The zero-order valence-electron chi connectivity index (χ0n) is 12.3. The second-order valence-electron chi connectivity index (χ2n) is 5.24. The van der Waals surface area contributed by atoms with E-state index in [0.717, 1.165) is 4.90 Å². The number of phenols is 1. The molecule has 2 rings (SSSR count). The summed E-state index contributed by atoms with van der Waals surface area (Å²) in [4.78, 5) is 24.9. The van der Waals surface area contributed by atoms with Crippen LogP contribution in [0, 0.1) is 0 Å². The number of imide groups is 1. The van der Waals surface area contributed by atoms with Crippen LogP contribution in [-0.2, 0) is 0 Å². The topological polar surface area (TPSA) is 93.7 Å². The summed E-state index contributed by atoms with van der Waals surface area (Å²) in [6.45, 7) is 5.36. The van der Waals surface area contributed by atoms with E-state index in [2.05, 4.69) is 16.0 Å². The van der Waals surface area contributed by atoms with E-state index < -0.39 is 18.4 Å². The van der Waals surface area contributed by atoms with Gasteiger partial charge in [-0.3, -0.25) is 5.32 Å². The van der Waals surface area contributed by atoms with Crippen LogP contribution in [0.3, 0.4) is 0 Å². The highest BCUT2D eigenvalue weighted by atomic mass is 16.3. The Morgan fingerprint density at radius 2 is 1.71 bits per heavy atom. The molecule has 0 aromatic heterocycles. The number of carbonyl (C=O) groups excluding carboxylic acids is 2. The highest BCUT2D eigenvalue weighted by molar-refractivity contribution is 5.96. The number of nitrogens with zero attached hydrogens (tertiary/aromatic N) is 1. The van der Waals surface area contributed by atoms with Crippen molar-refractivity contribution in [1.29, 1.82) is 0 Å². The largest absolute Gasteiger partial charge is 0.508 e. The first-order chi connectivity index (χ1) is 9.90. The van der Waals surface area contributed by atoms with E-state index in [-0.39, 0.29) is 17.8 Å². The highest BCUT2D eigenvalue weighted by Gasteiger charge is 2.33. The minimum atomic E-state index is -0.686. The maximum absolute atomic E-state index is 11.9. The molecule has 1 unspecified atom stereocenters. The third kappa shape index (κ3) is 3.25. The molecule has 0 aliphatic carbocycles. The van der Waals surface area contributed by atoms with Crippen LogP contribution in [0.1, 0.15) is 32.4 Å². The van der Waals surface area contributed by atoms with Gasteiger partial charge in [0.1, 0.15) is 5.75 Å². The fourth-order valence-electron chi connectivity index (χ4n) is 2.26. The van der Waals surface area contributed by atoms with Crippen molar-refractivity contribution in [2.75, 3.05) is 0 Å². The molecule has 4 amide bonds. The molecule has 0 bridgehead atoms. The quantitative estimate of drug-likeness (QED) is 0.676. The zero-order valence-corrected chi connectivity index (χ0v) is 12.3. The van der Waals surface area contributed by atoms with Gasteiger partial charge in [-0.1, -0.05) is 18.2 Å². The number of hydrogen-bond donors (Lipinski definition) is 4. The lowest BCUT2D eigenvalue weighted by Gasteiger charge is -2.36. The maximum Gasteiger partial charge on any atom is 0.328 e. The Bertz CT molecular complexity index is 529. The van der Waals surface area contributed by atoms with Crippen LogP contribution in [0.2, 0.25) is 0 Å². The number of hydrogen-bond acceptors (Lipinski definition) is 4. The summed E-state index contributed by atoms with van der Waals surface area (Å²) in [7, 11) is 0. The van der Waals surface area contributed by atoms with Gasteiger partial charge in [0, 0.05) is 17.6 Å². The molecule has 1 aromatic carbocycles. The van der Waals surface area contributed by atoms with Crippen LogP contribution in [-0.4, -0.2) is 34.4 Å². The third-order valence-corrected chi connectivity index (χ3v) is 3.31. The first kappa shape index (κ1) is 15.1. The van der Waals surface area contributed by atoms with Crippen LogP contribution in [0.25, 0.3) is 0 Å². The van der Waals surface area contributed by atoms with Crippen molar-refractivity contribution in [2.24, 2.45) is 0 Å². The summed E-state index contributed by atoms with van der Waals surface area (Å²) in [6.07, 6.45) is -0.686. The summed E-state index contributed by atoms with van der Waals surface area (Å²) in [5.74, 6) is 0.162. The smallest absolute Gasteiger partial charge is 0.328 e. The maximum atomic E-state index is 11.9. The normalized spacial score (nSPS) is 17.6. The second-order valence-corrected chi connectivity index (χ2v) is 5.24. The van der Waals surface area contributed by atoms with Gasteiger partial charge in [-0.05, 0) is 26.8 Å². The van der Waals surface area contributed by atoms with Crippen LogP contribution < -0.4 is 16.0 Å². The molecule has 7 heteroatoms. The van der Waals surface area contributed by atoms with E-state index in [1.165, 1.54) is 0 Å². The molecule has 0 radical (unpaired) electrons. The predicted molar refractivity (Wildman–Crippen MR) is 77.5 cm³/mol.